The number of aromatic nitrogens is 2. The van der Waals surface area contributed by atoms with Crippen molar-refractivity contribution < 1.29 is 18.8 Å². The van der Waals surface area contributed by atoms with E-state index in [1.54, 1.807) is 11.3 Å². The first kappa shape index (κ1) is 16.6. The maximum atomic E-state index is 12.0. The fourth-order valence-corrected chi connectivity index (χ4v) is 3.25. The van der Waals surface area contributed by atoms with E-state index >= 15 is 0 Å². The first-order valence-electron chi connectivity index (χ1n) is 8.28. The minimum Gasteiger partial charge on any atom is -0.454 e. The number of carbonyl (C=O) groups excluding carboxylic acids is 1. The molecule has 1 aliphatic heterocycles. The molecule has 1 aromatic carbocycles. The van der Waals surface area contributed by atoms with Gasteiger partial charge in [-0.3, -0.25) is 4.79 Å². The molecule has 0 saturated carbocycles. The SMILES string of the molecule is O=C(CCc1nc(-c2ccsc2)no1)NCCc1ccc2c(c1)OCO2. The van der Waals surface area contributed by atoms with Gasteiger partial charge in [0.2, 0.25) is 24.4 Å². The van der Waals surface area contributed by atoms with Crippen LogP contribution in [0.2, 0.25) is 0 Å². The molecule has 0 bridgehead atoms. The summed E-state index contributed by atoms with van der Waals surface area (Å²) in [4.78, 5) is 16.3. The van der Waals surface area contributed by atoms with Gasteiger partial charge in [-0.15, -0.1) is 0 Å². The van der Waals surface area contributed by atoms with Crippen LogP contribution in [0.5, 0.6) is 11.5 Å². The molecule has 26 heavy (non-hydrogen) atoms. The Morgan fingerprint density at radius 1 is 1.19 bits per heavy atom. The maximum absolute atomic E-state index is 12.0. The number of rotatable bonds is 7. The molecule has 8 heteroatoms. The molecule has 0 fully saturated rings. The number of nitrogens with one attached hydrogen (secondary N) is 1. The molecule has 1 N–H and O–H groups in total. The van der Waals surface area contributed by atoms with Gasteiger partial charge in [-0.05, 0) is 35.6 Å². The normalized spacial score (nSPS) is 12.3. The summed E-state index contributed by atoms with van der Waals surface area (Å²) < 4.78 is 15.8. The van der Waals surface area contributed by atoms with Crippen LogP contribution in [0.4, 0.5) is 0 Å². The lowest BCUT2D eigenvalue weighted by Crippen LogP contribution is -2.25. The van der Waals surface area contributed by atoms with Crippen molar-refractivity contribution in [2.75, 3.05) is 13.3 Å². The van der Waals surface area contributed by atoms with E-state index in [0.29, 0.717) is 31.1 Å². The molecule has 0 saturated heterocycles. The molecule has 0 aliphatic carbocycles. The summed E-state index contributed by atoms with van der Waals surface area (Å²) in [6, 6.07) is 7.74. The average molecular weight is 371 g/mol. The van der Waals surface area contributed by atoms with Gasteiger partial charge in [-0.2, -0.15) is 16.3 Å². The summed E-state index contributed by atoms with van der Waals surface area (Å²) in [5.74, 6) is 2.51. The molecule has 1 amide bonds. The zero-order valence-corrected chi connectivity index (χ0v) is 14.8. The van der Waals surface area contributed by atoms with Gasteiger partial charge >= 0.3 is 0 Å². The van der Waals surface area contributed by atoms with E-state index in [1.807, 2.05) is 35.0 Å². The number of carbonyl (C=O) groups is 1. The van der Waals surface area contributed by atoms with Gasteiger partial charge in [0.05, 0.1) is 0 Å². The Morgan fingerprint density at radius 3 is 3.00 bits per heavy atom. The zero-order valence-electron chi connectivity index (χ0n) is 13.9. The number of ether oxygens (including phenoxy) is 2. The molecule has 3 aromatic rings. The molecule has 0 unspecified atom stereocenters. The van der Waals surface area contributed by atoms with Crippen molar-refractivity contribution in [2.24, 2.45) is 0 Å². The fraction of sp³-hybridized carbons (Fsp3) is 0.278. The van der Waals surface area contributed by atoms with E-state index in [1.165, 1.54) is 0 Å². The van der Waals surface area contributed by atoms with Crippen LogP contribution in [0.25, 0.3) is 11.4 Å². The molecule has 0 spiro atoms. The molecule has 7 nitrogen and oxygen atoms in total. The van der Waals surface area contributed by atoms with E-state index in [2.05, 4.69) is 15.5 Å². The summed E-state index contributed by atoms with van der Waals surface area (Å²) >= 11 is 1.58. The molecular weight excluding hydrogens is 354 g/mol. The Bertz CT molecular complexity index is 892. The Hall–Kier alpha value is -2.87. The first-order valence-corrected chi connectivity index (χ1v) is 9.22. The number of fused-ring (bicyclic) bond motifs is 1. The van der Waals surface area contributed by atoms with Gasteiger partial charge in [-0.25, -0.2) is 0 Å². The standard InChI is InChI=1S/C18H17N3O4S/c22-16(3-4-17-20-18(21-25-17)13-6-8-26-10-13)19-7-5-12-1-2-14-15(9-12)24-11-23-14/h1-2,6,8-10H,3-5,7,11H2,(H,19,22). The highest BCUT2D eigenvalue weighted by molar-refractivity contribution is 7.08. The highest BCUT2D eigenvalue weighted by Gasteiger charge is 2.13. The highest BCUT2D eigenvalue weighted by Crippen LogP contribution is 2.32. The van der Waals surface area contributed by atoms with Gasteiger partial charge in [0, 0.05) is 30.3 Å². The number of thiophene rings is 1. The zero-order chi connectivity index (χ0) is 17.8. The Kier molecular flexibility index (Phi) is 4.83. The van der Waals surface area contributed by atoms with Crippen molar-refractivity contribution in [1.29, 1.82) is 0 Å². The molecule has 1 aliphatic rings. The quantitative estimate of drug-likeness (QED) is 0.687. The summed E-state index contributed by atoms with van der Waals surface area (Å²) in [5.41, 5.74) is 2.02. The van der Waals surface area contributed by atoms with Crippen molar-refractivity contribution in [2.45, 2.75) is 19.3 Å². The van der Waals surface area contributed by atoms with Crippen LogP contribution in [0.1, 0.15) is 17.9 Å². The van der Waals surface area contributed by atoms with Crippen LogP contribution in [-0.2, 0) is 17.6 Å². The molecule has 0 radical (unpaired) electrons. The Labute approximate surface area is 153 Å². The van der Waals surface area contributed by atoms with Crippen LogP contribution in [0.15, 0.2) is 39.5 Å². The third-order valence-corrected chi connectivity index (χ3v) is 4.67. The molecule has 0 atom stereocenters. The van der Waals surface area contributed by atoms with E-state index in [-0.39, 0.29) is 12.7 Å². The van der Waals surface area contributed by atoms with E-state index in [0.717, 1.165) is 29.0 Å². The van der Waals surface area contributed by atoms with Crippen LogP contribution >= 0.6 is 11.3 Å². The summed E-state index contributed by atoms with van der Waals surface area (Å²) in [6.07, 6.45) is 1.46. The van der Waals surface area contributed by atoms with Gasteiger partial charge in [0.25, 0.3) is 0 Å². The predicted molar refractivity (Wildman–Crippen MR) is 95.2 cm³/mol. The third-order valence-electron chi connectivity index (χ3n) is 3.99. The van der Waals surface area contributed by atoms with Crippen LogP contribution in [0, 0.1) is 0 Å². The number of aryl methyl sites for hydroxylation is 1. The lowest BCUT2D eigenvalue weighted by Gasteiger charge is -2.05. The summed E-state index contributed by atoms with van der Waals surface area (Å²) in [6.45, 7) is 0.821. The molecule has 3 heterocycles. The van der Waals surface area contributed by atoms with E-state index in [4.69, 9.17) is 14.0 Å². The highest BCUT2D eigenvalue weighted by atomic mass is 32.1. The van der Waals surface area contributed by atoms with E-state index < -0.39 is 0 Å². The Balaban J connectivity index is 1.21. The summed E-state index contributed by atoms with van der Waals surface area (Å²) in [5, 5.41) is 10.8. The topological polar surface area (TPSA) is 86.5 Å². The molecule has 134 valence electrons. The number of amides is 1. The minimum absolute atomic E-state index is 0.0407. The van der Waals surface area contributed by atoms with Crippen molar-refractivity contribution in [3.8, 4) is 22.9 Å². The molecular formula is C18H17N3O4S. The smallest absolute Gasteiger partial charge is 0.231 e. The predicted octanol–water partition coefficient (Wildman–Crippen LogP) is 2.82. The minimum atomic E-state index is -0.0407. The summed E-state index contributed by atoms with van der Waals surface area (Å²) in [7, 11) is 0. The largest absolute Gasteiger partial charge is 0.454 e. The third kappa shape index (κ3) is 3.85. The second-order valence-electron chi connectivity index (χ2n) is 5.81. The number of hydrogen-bond acceptors (Lipinski definition) is 7. The Morgan fingerprint density at radius 2 is 2.12 bits per heavy atom. The van der Waals surface area contributed by atoms with Crippen molar-refractivity contribution in [3.05, 3.63) is 46.5 Å². The fourth-order valence-electron chi connectivity index (χ4n) is 2.62. The van der Waals surface area contributed by atoms with Gasteiger partial charge in [-0.1, -0.05) is 11.2 Å². The monoisotopic (exact) mass is 371 g/mol. The van der Waals surface area contributed by atoms with Gasteiger partial charge in [0.15, 0.2) is 11.5 Å². The van der Waals surface area contributed by atoms with Crippen LogP contribution in [0.3, 0.4) is 0 Å². The van der Waals surface area contributed by atoms with Crippen LogP contribution < -0.4 is 14.8 Å². The van der Waals surface area contributed by atoms with Crippen LogP contribution in [-0.4, -0.2) is 29.4 Å². The lowest BCUT2D eigenvalue weighted by atomic mass is 10.1. The maximum Gasteiger partial charge on any atom is 0.231 e. The lowest BCUT2D eigenvalue weighted by molar-refractivity contribution is -0.121. The van der Waals surface area contributed by atoms with Crippen molar-refractivity contribution in [1.82, 2.24) is 15.5 Å². The first-order chi connectivity index (χ1) is 12.8. The number of nitrogens with zero attached hydrogens (tertiary/aromatic N) is 2. The number of benzene rings is 1. The second-order valence-corrected chi connectivity index (χ2v) is 6.59. The van der Waals surface area contributed by atoms with Gasteiger partial charge < -0.3 is 19.3 Å². The van der Waals surface area contributed by atoms with Gasteiger partial charge in [0.1, 0.15) is 0 Å². The molecule has 2 aromatic heterocycles. The van der Waals surface area contributed by atoms with E-state index in [9.17, 15) is 4.79 Å². The van der Waals surface area contributed by atoms with Crippen molar-refractivity contribution >= 4 is 17.2 Å². The number of hydrogen-bond donors (Lipinski definition) is 1. The average Bonchev–Trinajstić information content (AvgIpc) is 3.39. The van der Waals surface area contributed by atoms with Crippen molar-refractivity contribution in [3.63, 3.8) is 0 Å². The second kappa shape index (κ2) is 7.57. The molecule has 4 rings (SSSR count).